The largest absolute Gasteiger partial charge is 0.455 e. The van der Waals surface area contributed by atoms with Gasteiger partial charge in [-0.1, -0.05) is 200 Å². The van der Waals surface area contributed by atoms with E-state index in [4.69, 9.17) is 28.6 Å². The van der Waals surface area contributed by atoms with Gasteiger partial charge in [0.25, 0.3) is 0 Å². The summed E-state index contributed by atoms with van der Waals surface area (Å²) in [5.41, 5.74) is 16.9. The Kier molecular flexibility index (Phi) is 11.8. The lowest BCUT2D eigenvalue weighted by molar-refractivity contribution is 0.672. The van der Waals surface area contributed by atoms with Crippen molar-refractivity contribution in [2.75, 3.05) is 0 Å². The van der Waals surface area contributed by atoms with E-state index < -0.39 is 0 Å². The molecule has 0 bridgehead atoms. The molecule has 7 heterocycles. The number of para-hydroxylation sites is 2. The van der Waals surface area contributed by atoms with Gasteiger partial charge < -0.3 is 18.0 Å². The molecule has 10 heteroatoms. The third-order valence-electron chi connectivity index (χ3n) is 19.8. The second-order valence-electron chi connectivity index (χ2n) is 25.2. The predicted molar refractivity (Wildman–Crippen MR) is 408 cm³/mol. The highest BCUT2D eigenvalue weighted by atomic mass is 32.1. The van der Waals surface area contributed by atoms with Crippen LogP contribution in [-0.4, -0.2) is 24.1 Å². The highest BCUT2D eigenvalue weighted by Crippen LogP contribution is 2.53. The zero-order valence-electron chi connectivity index (χ0n) is 52.0. The van der Waals surface area contributed by atoms with Crippen molar-refractivity contribution in [3.05, 3.63) is 303 Å². The van der Waals surface area contributed by atoms with Crippen molar-refractivity contribution in [2.24, 2.45) is 0 Å². The molecule has 0 amide bonds. The number of fused-ring (bicyclic) bond motifs is 20. The molecule has 0 aliphatic heterocycles. The van der Waals surface area contributed by atoms with Crippen LogP contribution in [0.1, 0.15) is 0 Å². The third-order valence-corrected chi connectivity index (χ3v) is 22.1. The van der Waals surface area contributed by atoms with Crippen molar-refractivity contribution >= 4 is 156 Å². The van der Waals surface area contributed by atoms with Gasteiger partial charge >= 0.3 is 0 Å². The van der Waals surface area contributed by atoms with Gasteiger partial charge in [-0.3, -0.25) is 0 Å². The van der Waals surface area contributed by atoms with Crippen molar-refractivity contribution in [1.29, 1.82) is 0 Å². The van der Waals surface area contributed by atoms with E-state index in [2.05, 4.69) is 276 Å². The number of aromatic nitrogens is 5. The minimum Gasteiger partial charge on any atom is -0.455 e. The van der Waals surface area contributed by atoms with Gasteiger partial charge in [0.1, 0.15) is 22.3 Å². The van der Waals surface area contributed by atoms with Crippen LogP contribution in [0, 0.1) is 6.57 Å². The van der Waals surface area contributed by atoms with Crippen LogP contribution in [0.3, 0.4) is 0 Å². The van der Waals surface area contributed by atoms with Crippen LogP contribution < -0.4 is 0 Å². The maximum atomic E-state index is 9.75. The molecular formula is C88H48N6O2S2. The first-order valence-electron chi connectivity index (χ1n) is 32.7. The van der Waals surface area contributed by atoms with E-state index >= 15 is 0 Å². The second kappa shape index (κ2) is 21.1. The standard InChI is InChI=1S/C88H48N6O2S2/c1-89-68-49-67(88-91-86(55-33-37-61-59-27-13-17-31-75(59)97-77(61)47-55)90-87(92-88)56-34-38-62-60-28-14-18-32-76(60)98-78(62)48-56)82(93-69-41-35-53(50-19-5-2-6-20-50)45-65(69)80-71(93)43-39-63-57-25-11-15-29-73(57)95-84(63)80)79(52-23-9-4-10-24-52)83(68)94-70-42-36-54(51-21-7-3-8-22-51)46-66(70)81-72(94)44-40-64-58-26-12-16-30-74(58)96-85(64)81/h2-49H. The van der Waals surface area contributed by atoms with E-state index in [1.807, 2.05) is 24.3 Å². The summed E-state index contributed by atoms with van der Waals surface area (Å²) in [5.74, 6) is 1.42. The summed E-state index contributed by atoms with van der Waals surface area (Å²) in [5, 5.41) is 12.7. The molecule has 21 rings (SSSR count). The topological polar surface area (TPSA) is 79.2 Å². The number of thiophene rings is 2. The van der Waals surface area contributed by atoms with Crippen molar-refractivity contribution in [3.8, 4) is 78.9 Å². The van der Waals surface area contributed by atoms with Crippen LogP contribution in [-0.2, 0) is 0 Å². The predicted octanol–water partition coefficient (Wildman–Crippen LogP) is 25.2. The fourth-order valence-corrected chi connectivity index (χ4v) is 17.7. The number of benzene rings is 14. The van der Waals surface area contributed by atoms with Crippen LogP contribution in [0.25, 0.3) is 212 Å². The molecule has 454 valence electrons. The molecule has 7 aromatic heterocycles. The molecule has 0 aliphatic rings. The summed E-state index contributed by atoms with van der Waals surface area (Å²) in [4.78, 5) is 21.7. The number of furan rings is 2. The van der Waals surface area contributed by atoms with Gasteiger partial charge in [-0.25, -0.2) is 19.8 Å². The van der Waals surface area contributed by atoms with Crippen LogP contribution in [0.15, 0.2) is 300 Å². The number of nitrogens with zero attached hydrogens (tertiary/aromatic N) is 6. The molecule has 98 heavy (non-hydrogen) atoms. The molecular weight excluding hydrogens is 1240 g/mol. The smallest absolute Gasteiger partial charge is 0.212 e. The minimum atomic E-state index is 0.395. The summed E-state index contributed by atoms with van der Waals surface area (Å²) in [6.45, 7) is 9.75. The van der Waals surface area contributed by atoms with E-state index in [0.717, 1.165) is 147 Å². The van der Waals surface area contributed by atoms with Gasteiger partial charge in [-0.2, -0.15) is 0 Å². The third kappa shape index (κ3) is 8.12. The van der Waals surface area contributed by atoms with Crippen LogP contribution in [0.2, 0.25) is 0 Å². The summed E-state index contributed by atoms with van der Waals surface area (Å²) in [6.07, 6.45) is 0. The maximum Gasteiger partial charge on any atom is 0.212 e. The Morgan fingerprint density at radius 1 is 0.296 bits per heavy atom. The average Bonchev–Trinajstić information content (AvgIpc) is 1.50. The van der Waals surface area contributed by atoms with Crippen LogP contribution >= 0.6 is 22.7 Å². The van der Waals surface area contributed by atoms with Gasteiger partial charge in [0.2, 0.25) is 5.69 Å². The van der Waals surface area contributed by atoms with Gasteiger partial charge in [0, 0.05) is 94.9 Å². The molecule has 0 radical (unpaired) electrons. The Morgan fingerprint density at radius 3 is 1.19 bits per heavy atom. The summed E-state index contributed by atoms with van der Waals surface area (Å²) in [7, 11) is 0. The van der Waals surface area contributed by atoms with Crippen molar-refractivity contribution in [2.45, 2.75) is 0 Å². The lowest BCUT2D eigenvalue weighted by Crippen LogP contribution is -2.08. The second-order valence-corrected chi connectivity index (χ2v) is 27.3. The lowest BCUT2D eigenvalue weighted by Gasteiger charge is -2.24. The van der Waals surface area contributed by atoms with E-state index in [-0.39, 0.29) is 0 Å². The Bertz CT molecular complexity index is 6870. The molecule has 21 aromatic rings. The molecule has 0 fully saturated rings. The van der Waals surface area contributed by atoms with E-state index in [1.165, 1.54) is 30.9 Å². The molecule has 0 N–H and O–H groups in total. The van der Waals surface area contributed by atoms with E-state index in [1.54, 1.807) is 22.7 Å². The summed E-state index contributed by atoms with van der Waals surface area (Å²) in [6, 6.07) is 103. The first kappa shape index (κ1) is 54.6. The SMILES string of the molecule is [C-]#[N+]c1cc(-c2nc(-c3ccc4c(c3)sc3ccccc34)nc(-c3ccc4c(c3)sc3ccccc34)n2)c(-n2c3ccc(-c4ccccc4)cc3c3c4oc5ccccc5c4ccc32)c(-c2ccccc2)c1-n1c2ccc(-c3ccccc3)cc2c2c3oc4ccccc4c3ccc21. The summed E-state index contributed by atoms with van der Waals surface area (Å²) < 4.78 is 23.6. The van der Waals surface area contributed by atoms with Gasteiger partial charge in [0.05, 0.1) is 50.8 Å². The molecule has 0 spiro atoms. The first-order chi connectivity index (χ1) is 48.5. The van der Waals surface area contributed by atoms with E-state index in [0.29, 0.717) is 34.4 Å². The van der Waals surface area contributed by atoms with Crippen molar-refractivity contribution in [3.63, 3.8) is 0 Å². The normalized spacial score (nSPS) is 12.1. The average molecular weight is 1290 g/mol. The number of rotatable bonds is 8. The molecule has 0 aliphatic carbocycles. The minimum absolute atomic E-state index is 0.395. The van der Waals surface area contributed by atoms with Crippen molar-refractivity contribution < 1.29 is 8.83 Å². The Balaban J connectivity index is 0.943. The molecule has 0 saturated carbocycles. The molecule has 8 nitrogen and oxygen atoms in total. The van der Waals surface area contributed by atoms with Crippen LogP contribution in [0.5, 0.6) is 0 Å². The fourth-order valence-electron chi connectivity index (χ4n) is 15.4. The number of hydrogen-bond acceptors (Lipinski definition) is 7. The monoisotopic (exact) mass is 1280 g/mol. The molecule has 14 aromatic carbocycles. The summed E-state index contributed by atoms with van der Waals surface area (Å²) >= 11 is 3.53. The molecule has 0 saturated heterocycles. The highest BCUT2D eigenvalue weighted by molar-refractivity contribution is 7.26. The highest BCUT2D eigenvalue weighted by Gasteiger charge is 2.32. The van der Waals surface area contributed by atoms with Gasteiger partial charge in [-0.05, 0) is 119 Å². The number of hydrogen-bond donors (Lipinski definition) is 0. The Morgan fingerprint density at radius 2 is 0.694 bits per heavy atom. The fraction of sp³-hybridized carbons (Fsp3) is 0. The lowest BCUT2D eigenvalue weighted by atomic mass is 9.94. The Hall–Kier alpha value is -12.8. The quantitative estimate of drug-likeness (QED) is 0.142. The van der Waals surface area contributed by atoms with Crippen LogP contribution in [0.4, 0.5) is 5.69 Å². The maximum absolute atomic E-state index is 9.75. The zero-order chi connectivity index (χ0) is 64.3. The zero-order valence-corrected chi connectivity index (χ0v) is 53.7. The molecule has 0 unspecified atom stereocenters. The van der Waals surface area contributed by atoms with Gasteiger partial charge in [-0.15, -0.1) is 22.7 Å². The Labute approximate surface area is 566 Å². The molecule has 0 atom stereocenters. The van der Waals surface area contributed by atoms with Gasteiger partial charge in [0.15, 0.2) is 17.5 Å². The first-order valence-corrected chi connectivity index (χ1v) is 34.3. The van der Waals surface area contributed by atoms with Crippen molar-refractivity contribution in [1.82, 2.24) is 24.1 Å². The van der Waals surface area contributed by atoms with E-state index in [9.17, 15) is 6.57 Å².